The molecule has 0 spiro atoms. The van der Waals surface area contributed by atoms with Crippen LogP contribution in [-0.4, -0.2) is 23.8 Å². The second-order valence-corrected chi connectivity index (χ2v) is 6.92. The van der Waals surface area contributed by atoms with Crippen LogP contribution in [0.3, 0.4) is 0 Å². The van der Waals surface area contributed by atoms with Crippen molar-refractivity contribution < 1.29 is 14.4 Å². The van der Waals surface area contributed by atoms with E-state index >= 15 is 0 Å². The minimum atomic E-state index is -0.816. The molecule has 0 aliphatic heterocycles. The van der Waals surface area contributed by atoms with Gasteiger partial charge in [0.15, 0.2) is 0 Å². The number of carbonyl (C=O) groups is 3. The van der Waals surface area contributed by atoms with Crippen molar-refractivity contribution in [2.45, 2.75) is 32.7 Å². The highest BCUT2D eigenvalue weighted by Crippen LogP contribution is 2.28. The van der Waals surface area contributed by atoms with E-state index < -0.39 is 17.9 Å². The Morgan fingerprint density at radius 1 is 1.12 bits per heavy atom. The number of carbonyl (C=O) groups excluding carboxylic acids is 3. The van der Waals surface area contributed by atoms with Crippen molar-refractivity contribution in [1.82, 2.24) is 16.2 Å². The van der Waals surface area contributed by atoms with E-state index in [1.807, 2.05) is 0 Å². The van der Waals surface area contributed by atoms with Crippen LogP contribution in [0.25, 0.3) is 0 Å². The maximum absolute atomic E-state index is 12.3. The minimum absolute atomic E-state index is 0.0229. The first-order valence-electron chi connectivity index (χ1n) is 7.65. The normalized spacial score (nSPS) is 14.9. The number of benzene rings is 1. The van der Waals surface area contributed by atoms with Crippen LogP contribution in [0.1, 0.15) is 37.0 Å². The van der Waals surface area contributed by atoms with Gasteiger partial charge in [-0.25, -0.2) is 0 Å². The summed E-state index contributed by atoms with van der Waals surface area (Å²) < 4.78 is 0. The Hall–Kier alpha value is -1.79. The van der Waals surface area contributed by atoms with Gasteiger partial charge in [-0.1, -0.05) is 37.0 Å². The molecular formula is C16H19Cl2N3O3. The van der Waals surface area contributed by atoms with Crippen molar-refractivity contribution in [3.8, 4) is 0 Å². The van der Waals surface area contributed by atoms with Gasteiger partial charge in [0.25, 0.3) is 11.8 Å². The summed E-state index contributed by atoms with van der Waals surface area (Å²) in [5.41, 5.74) is 4.96. The average Bonchev–Trinajstić information content (AvgIpc) is 3.34. The van der Waals surface area contributed by atoms with E-state index in [1.54, 1.807) is 19.9 Å². The van der Waals surface area contributed by atoms with Gasteiger partial charge in [-0.15, -0.1) is 0 Å². The number of halogens is 2. The average molecular weight is 372 g/mol. The predicted molar refractivity (Wildman–Crippen MR) is 91.6 cm³/mol. The standard InChI is InChI=1S/C16H19Cl2N3O3/c1-8(2)13(16(24)21-20-14(22)9-3-4-9)19-15(23)11-6-5-10(17)7-12(11)18/h5-9,13H,3-4H2,1-2H3,(H,19,23)(H,20,22)(H,21,24)/t13-/m0/s1. The van der Waals surface area contributed by atoms with Gasteiger partial charge in [0.2, 0.25) is 5.91 Å². The second-order valence-electron chi connectivity index (χ2n) is 6.07. The second kappa shape index (κ2) is 7.85. The molecule has 1 aliphatic rings. The topological polar surface area (TPSA) is 87.3 Å². The monoisotopic (exact) mass is 371 g/mol. The molecule has 6 nitrogen and oxygen atoms in total. The molecule has 0 unspecified atom stereocenters. The number of hydrogen-bond donors (Lipinski definition) is 3. The summed E-state index contributed by atoms with van der Waals surface area (Å²) in [5.74, 6) is -1.39. The van der Waals surface area contributed by atoms with Crippen LogP contribution >= 0.6 is 23.2 Å². The highest BCUT2D eigenvalue weighted by Gasteiger charge is 2.31. The fraction of sp³-hybridized carbons (Fsp3) is 0.438. The Labute approximate surface area is 150 Å². The van der Waals surface area contributed by atoms with E-state index in [9.17, 15) is 14.4 Å². The van der Waals surface area contributed by atoms with Crippen molar-refractivity contribution in [3.63, 3.8) is 0 Å². The first-order valence-corrected chi connectivity index (χ1v) is 8.40. The first-order chi connectivity index (χ1) is 11.3. The highest BCUT2D eigenvalue weighted by atomic mass is 35.5. The summed E-state index contributed by atoms with van der Waals surface area (Å²) in [4.78, 5) is 36.2. The third-order valence-electron chi connectivity index (χ3n) is 3.67. The molecular weight excluding hydrogens is 353 g/mol. The van der Waals surface area contributed by atoms with Gasteiger partial charge in [0, 0.05) is 10.9 Å². The largest absolute Gasteiger partial charge is 0.340 e. The van der Waals surface area contributed by atoms with Gasteiger partial charge < -0.3 is 5.32 Å². The van der Waals surface area contributed by atoms with E-state index in [2.05, 4.69) is 16.2 Å². The van der Waals surface area contributed by atoms with Crippen LogP contribution in [0.4, 0.5) is 0 Å². The minimum Gasteiger partial charge on any atom is -0.340 e. The number of nitrogens with one attached hydrogen (secondary N) is 3. The molecule has 3 N–H and O–H groups in total. The number of hydrazine groups is 1. The Morgan fingerprint density at radius 3 is 2.33 bits per heavy atom. The summed E-state index contributed by atoms with van der Waals surface area (Å²) in [6, 6.07) is 3.68. The lowest BCUT2D eigenvalue weighted by Crippen LogP contribution is -2.54. The van der Waals surface area contributed by atoms with E-state index in [1.165, 1.54) is 12.1 Å². The van der Waals surface area contributed by atoms with Gasteiger partial charge in [0.05, 0.1) is 10.6 Å². The zero-order valence-corrected chi connectivity index (χ0v) is 14.9. The van der Waals surface area contributed by atoms with E-state index in [0.29, 0.717) is 5.02 Å². The highest BCUT2D eigenvalue weighted by molar-refractivity contribution is 6.36. The number of hydrogen-bond acceptors (Lipinski definition) is 3. The molecule has 0 saturated heterocycles. The number of amides is 3. The maximum atomic E-state index is 12.3. The van der Waals surface area contributed by atoms with Gasteiger partial charge in [-0.05, 0) is 37.0 Å². The summed E-state index contributed by atoms with van der Waals surface area (Å²) in [7, 11) is 0. The van der Waals surface area contributed by atoms with Gasteiger partial charge in [0.1, 0.15) is 6.04 Å². The fourth-order valence-electron chi connectivity index (χ4n) is 2.08. The molecule has 0 radical (unpaired) electrons. The zero-order valence-electron chi connectivity index (χ0n) is 13.4. The van der Waals surface area contributed by atoms with Crippen molar-refractivity contribution >= 4 is 40.9 Å². The lowest BCUT2D eigenvalue weighted by atomic mass is 10.0. The summed E-state index contributed by atoms with van der Waals surface area (Å²) in [5, 5.41) is 3.24. The molecule has 0 aromatic heterocycles. The van der Waals surface area contributed by atoms with E-state index in [4.69, 9.17) is 23.2 Å². The molecule has 8 heteroatoms. The predicted octanol–water partition coefficient (Wildman–Crippen LogP) is 2.31. The lowest BCUT2D eigenvalue weighted by molar-refractivity contribution is -0.131. The SMILES string of the molecule is CC(C)[C@H](NC(=O)c1ccc(Cl)cc1Cl)C(=O)NNC(=O)C1CC1. The molecule has 1 atom stereocenters. The molecule has 1 aliphatic carbocycles. The van der Waals surface area contributed by atoms with Gasteiger partial charge in [-0.2, -0.15) is 0 Å². The smallest absolute Gasteiger partial charge is 0.261 e. The maximum Gasteiger partial charge on any atom is 0.261 e. The molecule has 24 heavy (non-hydrogen) atoms. The van der Waals surface area contributed by atoms with Crippen LogP contribution in [0.15, 0.2) is 18.2 Å². The Kier molecular flexibility index (Phi) is 6.07. The third kappa shape index (κ3) is 4.85. The molecule has 130 valence electrons. The molecule has 0 heterocycles. The zero-order chi connectivity index (χ0) is 17.9. The van der Waals surface area contributed by atoms with Crippen LogP contribution in [-0.2, 0) is 9.59 Å². The number of rotatable bonds is 5. The van der Waals surface area contributed by atoms with Crippen molar-refractivity contribution in [1.29, 1.82) is 0 Å². The summed E-state index contributed by atoms with van der Waals surface area (Å²) in [6.07, 6.45) is 1.67. The molecule has 3 amide bonds. The Morgan fingerprint density at radius 2 is 1.79 bits per heavy atom. The van der Waals surface area contributed by atoms with Crippen molar-refractivity contribution in [2.75, 3.05) is 0 Å². The van der Waals surface area contributed by atoms with Crippen LogP contribution in [0.2, 0.25) is 10.0 Å². The van der Waals surface area contributed by atoms with E-state index in [0.717, 1.165) is 12.8 Å². The fourth-order valence-corrected chi connectivity index (χ4v) is 2.57. The van der Waals surface area contributed by atoms with Crippen molar-refractivity contribution in [2.24, 2.45) is 11.8 Å². The Balaban J connectivity index is 1.99. The van der Waals surface area contributed by atoms with Crippen molar-refractivity contribution in [3.05, 3.63) is 33.8 Å². The molecule has 1 fully saturated rings. The van der Waals surface area contributed by atoms with Crippen LogP contribution < -0.4 is 16.2 Å². The molecule has 1 aromatic carbocycles. The molecule has 0 bridgehead atoms. The van der Waals surface area contributed by atoms with Crippen LogP contribution in [0, 0.1) is 11.8 Å². The van der Waals surface area contributed by atoms with Gasteiger partial charge >= 0.3 is 0 Å². The molecule has 1 aromatic rings. The first kappa shape index (κ1) is 18.5. The third-order valence-corrected chi connectivity index (χ3v) is 4.22. The summed E-state index contributed by atoms with van der Waals surface area (Å²) in [6.45, 7) is 3.58. The summed E-state index contributed by atoms with van der Waals surface area (Å²) >= 11 is 11.8. The van der Waals surface area contributed by atoms with E-state index in [-0.39, 0.29) is 28.3 Å². The quantitative estimate of drug-likeness (QED) is 0.694. The van der Waals surface area contributed by atoms with Crippen LogP contribution in [0.5, 0.6) is 0 Å². The van der Waals surface area contributed by atoms with Gasteiger partial charge in [-0.3, -0.25) is 25.2 Å². The molecule has 1 saturated carbocycles. The molecule has 2 rings (SSSR count). The Bertz CT molecular complexity index is 660. The lowest BCUT2D eigenvalue weighted by Gasteiger charge is -2.22.